The molecule has 0 heterocycles. The lowest BCUT2D eigenvalue weighted by molar-refractivity contribution is -0.167. The first-order valence-electron chi connectivity index (χ1n) is 20.0. The predicted molar refractivity (Wildman–Crippen MR) is 192 cm³/mol. The Bertz CT molecular complexity index is 679. The van der Waals surface area contributed by atoms with Crippen LogP contribution in [0.1, 0.15) is 220 Å². The number of hydrogen-bond acceptors (Lipinski definition) is 6. The molecule has 0 saturated carbocycles. The standard InChI is InChI=1S/C40H76O6/c1-4-7-10-13-14-15-16-17-18-19-20-21-22-23-24-25-28-30-33-39(42)45-36-37(46-40(43)34-31-27-12-9-6-3)35-44-38(41)32-29-26-11-8-5-2/h37H,4-36H2,1-3H3/t37-/m0/s1. The molecule has 0 radical (unpaired) electrons. The summed E-state index contributed by atoms with van der Waals surface area (Å²) < 4.78 is 16.4. The fraction of sp³-hybridized carbons (Fsp3) is 0.925. The molecular weight excluding hydrogens is 576 g/mol. The molecule has 0 rings (SSSR count). The van der Waals surface area contributed by atoms with E-state index in [2.05, 4.69) is 20.8 Å². The van der Waals surface area contributed by atoms with Gasteiger partial charge in [-0.25, -0.2) is 0 Å². The Labute approximate surface area is 285 Å². The van der Waals surface area contributed by atoms with Crippen molar-refractivity contribution < 1.29 is 28.6 Å². The van der Waals surface area contributed by atoms with Crippen molar-refractivity contribution in [2.75, 3.05) is 13.2 Å². The van der Waals surface area contributed by atoms with Gasteiger partial charge in [0.2, 0.25) is 0 Å². The van der Waals surface area contributed by atoms with E-state index in [0.29, 0.717) is 19.3 Å². The summed E-state index contributed by atoms with van der Waals surface area (Å²) in [6, 6.07) is 0. The lowest BCUT2D eigenvalue weighted by atomic mass is 10.0. The van der Waals surface area contributed by atoms with E-state index in [1.807, 2.05) is 0 Å². The second-order valence-corrected chi connectivity index (χ2v) is 13.6. The third-order valence-corrected chi connectivity index (χ3v) is 8.86. The summed E-state index contributed by atoms with van der Waals surface area (Å²) in [5.74, 6) is -0.890. The van der Waals surface area contributed by atoms with Crippen LogP contribution in [0.15, 0.2) is 0 Å². The van der Waals surface area contributed by atoms with E-state index in [0.717, 1.165) is 70.6 Å². The molecule has 0 unspecified atom stereocenters. The van der Waals surface area contributed by atoms with E-state index in [1.165, 1.54) is 109 Å². The Morgan fingerprint density at radius 1 is 0.348 bits per heavy atom. The zero-order valence-corrected chi connectivity index (χ0v) is 30.9. The SMILES string of the molecule is CCCCCCCCCCCCCCCCCCCCC(=O)OC[C@H](COC(=O)CCCCCCC)OC(=O)CCCCCCC. The number of carbonyl (C=O) groups excluding carboxylic acids is 3. The monoisotopic (exact) mass is 653 g/mol. The highest BCUT2D eigenvalue weighted by Gasteiger charge is 2.19. The number of hydrogen-bond donors (Lipinski definition) is 0. The Balaban J connectivity index is 4.00. The van der Waals surface area contributed by atoms with Crippen LogP contribution in [-0.2, 0) is 28.6 Å². The van der Waals surface area contributed by atoms with Crippen molar-refractivity contribution in [3.63, 3.8) is 0 Å². The minimum absolute atomic E-state index is 0.0662. The minimum atomic E-state index is -0.753. The Morgan fingerprint density at radius 3 is 0.870 bits per heavy atom. The van der Waals surface area contributed by atoms with E-state index in [-0.39, 0.29) is 31.1 Å². The van der Waals surface area contributed by atoms with Gasteiger partial charge in [-0.2, -0.15) is 0 Å². The second-order valence-electron chi connectivity index (χ2n) is 13.6. The van der Waals surface area contributed by atoms with E-state index in [9.17, 15) is 14.4 Å². The number of carbonyl (C=O) groups is 3. The molecule has 6 nitrogen and oxygen atoms in total. The lowest BCUT2D eigenvalue weighted by Gasteiger charge is -2.18. The minimum Gasteiger partial charge on any atom is -0.462 e. The first-order chi connectivity index (χ1) is 22.5. The molecule has 46 heavy (non-hydrogen) atoms. The van der Waals surface area contributed by atoms with Crippen LogP contribution in [0.25, 0.3) is 0 Å². The van der Waals surface area contributed by atoms with Gasteiger partial charge in [0.15, 0.2) is 6.10 Å². The van der Waals surface area contributed by atoms with Crippen LogP contribution in [-0.4, -0.2) is 37.2 Å². The molecule has 0 bridgehead atoms. The quantitative estimate of drug-likeness (QED) is 0.0381. The van der Waals surface area contributed by atoms with Gasteiger partial charge in [-0.05, 0) is 19.3 Å². The van der Waals surface area contributed by atoms with Crippen molar-refractivity contribution in [3.05, 3.63) is 0 Å². The molecule has 0 fully saturated rings. The molecule has 0 aromatic carbocycles. The predicted octanol–water partition coefficient (Wildman–Crippen LogP) is 12.1. The van der Waals surface area contributed by atoms with Gasteiger partial charge in [-0.1, -0.05) is 181 Å². The molecule has 0 aromatic rings. The molecule has 272 valence electrons. The molecular formula is C40H76O6. The third kappa shape index (κ3) is 33.8. The van der Waals surface area contributed by atoms with Crippen molar-refractivity contribution in [1.29, 1.82) is 0 Å². The average molecular weight is 653 g/mol. The van der Waals surface area contributed by atoms with Crippen LogP contribution < -0.4 is 0 Å². The van der Waals surface area contributed by atoms with E-state index < -0.39 is 6.10 Å². The van der Waals surface area contributed by atoms with Crippen LogP contribution >= 0.6 is 0 Å². The van der Waals surface area contributed by atoms with Gasteiger partial charge in [0.05, 0.1) is 0 Å². The highest BCUT2D eigenvalue weighted by atomic mass is 16.6. The largest absolute Gasteiger partial charge is 0.462 e. The first kappa shape index (κ1) is 44.4. The molecule has 6 heteroatoms. The lowest BCUT2D eigenvalue weighted by Crippen LogP contribution is -2.30. The van der Waals surface area contributed by atoms with Gasteiger partial charge in [-0.15, -0.1) is 0 Å². The summed E-state index contributed by atoms with van der Waals surface area (Å²) in [5, 5.41) is 0. The van der Waals surface area contributed by atoms with Crippen LogP contribution in [0, 0.1) is 0 Å². The van der Waals surface area contributed by atoms with Crippen LogP contribution in [0.4, 0.5) is 0 Å². The molecule has 1 atom stereocenters. The normalized spacial score (nSPS) is 11.8. The van der Waals surface area contributed by atoms with Gasteiger partial charge in [-0.3, -0.25) is 14.4 Å². The summed E-state index contributed by atoms with van der Waals surface area (Å²) in [5.41, 5.74) is 0. The van der Waals surface area contributed by atoms with Gasteiger partial charge >= 0.3 is 17.9 Å². The van der Waals surface area contributed by atoms with Crippen molar-refractivity contribution >= 4 is 17.9 Å². The fourth-order valence-electron chi connectivity index (χ4n) is 5.79. The van der Waals surface area contributed by atoms with Crippen LogP contribution in [0.2, 0.25) is 0 Å². The first-order valence-corrected chi connectivity index (χ1v) is 20.0. The Morgan fingerprint density at radius 2 is 0.587 bits per heavy atom. The van der Waals surface area contributed by atoms with Crippen molar-refractivity contribution in [2.24, 2.45) is 0 Å². The molecule has 0 aromatic heterocycles. The Hall–Kier alpha value is -1.59. The van der Waals surface area contributed by atoms with Crippen molar-refractivity contribution in [2.45, 2.75) is 226 Å². The third-order valence-electron chi connectivity index (χ3n) is 8.86. The summed E-state index contributed by atoms with van der Waals surface area (Å²) in [4.78, 5) is 37.0. The van der Waals surface area contributed by atoms with E-state index >= 15 is 0 Å². The summed E-state index contributed by atoms with van der Waals surface area (Å²) in [7, 11) is 0. The number of esters is 3. The number of ether oxygens (including phenoxy) is 3. The molecule has 0 amide bonds. The topological polar surface area (TPSA) is 78.9 Å². The smallest absolute Gasteiger partial charge is 0.306 e. The fourth-order valence-corrected chi connectivity index (χ4v) is 5.79. The summed E-state index contributed by atoms with van der Waals surface area (Å²) in [6.45, 7) is 6.47. The summed E-state index contributed by atoms with van der Waals surface area (Å²) in [6.07, 6.45) is 34.4. The maximum Gasteiger partial charge on any atom is 0.306 e. The van der Waals surface area contributed by atoms with Gasteiger partial charge in [0.25, 0.3) is 0 Å². The average Bonchev–Trinajstić information content (AvgIpc) is 3.05. The van der Waals surface area contributed by atoms with E-state index in [4.69, 9.17) is 14.2 Å². The second kappa shape index (κ2) is 36.2. The zero-order chi connectivity index (χ0) is 33.8. The summed E-state index contributed by atoms with van der Waals surface area (Å²) >= 11 is 0. The van der Waals surface area contributed by atoms with Crippen LogP contribution in [0.5, 0.6) is 0 Å². The molecule has 0 aliphatic rings. The maximum absolute atomic E-state index is 12.4. The highest BCUT2D eigenvalue weighted by molar-refractivity contribution is 5.71. The molecule has 0 aliphatic carbocycles. The molecule has 0 aliphatic heterocycles. The molecule has 0 N–H and O–H groups in total. The molecule has 0 spiro atoms. The van der Waals surface area contributed by atoms with Gasteiger partial charge in [0.1, 0.15) is 13.2 Å². The maximum atomic E-state index is 12.4. The van der Waals surface area contributed by atoms with Gasteiger partial charge in [0, 0.05) is 19.3 Å². The van der Waals surface area contributed by atoms with E-state index in [1.54, 1.807) is 0 Å². The number of rotatable bonds is 36. The molecule has 0 saturated heterocycles. The van der Waals surface area contributed by atoms with Gasteiger partial charge < -0.3 is 14.2 Å². The Kier molecular flexibility index (Phi) is 35.0. The highest BCUT2D eigenvalue weighted by Crippen LogP contribution is 2.15. The number of unbranched alkanes of at least 4 members (excludes halogenated alkanes) is 25. The zero-order valence-electron chi connectivity index (χ0n) is 30.9. The van der Waals surface area contributed by atoms with Crippen molar-refractivity contribution in [1.82, 2.24) is 0 Å². The van der Waals surface area contributed by atoms with Crippen molar-refractivity contribution in [3.8, 4) is 0 Å². The van der Waals surface area contributed by atoms with Crippen LogP contribution in [0.3, 0.4) is 0 Å².